The fourth-order valence-electron chi connectivity index (χ4n) is 3.36. The molecule has 1 heterocycles. The Morgan fingerprint density at radius 1 is 1.09 bits per heavy atom. The van der Waals surface area contributed by atoms with Gasteiger partial charge < -0.3 is 5.32 Å². The number of carbonyl (C=O) groups excluding carboxylic acids is 1. The number of anilines is 1. The van der Waals surface area contributed by atoms with Crippen LogP contribution in [0.3, 0.4) is 0 Å². The topological polar surface area (TPSA) is 91.4 Å². The first-order chi connectivity index (χ1) is 15.8. The molecule has 0 spiro atoms. The highest BCUT2D eigenvalue weighted by atomic mass is 32.2. The third-order valence-electron chi connectivity index (χ3n) is 5.13. The van der Waals surface area contributed by atoms with Gasteiger partial charge in [-0.25, -0.2) is 17.5 Å². The molecule has 0 radical (unpaired) electrons. The predicted molar refractivity (Wildman–Crippen MR) is 126 cm³/mol. The van der Waals surface area contributed by atoms with E-state index in [9.17, 15) is 17.6 Å². The molecule has 33 heavy (non-hydrogen) atoms. The lowest BCUT2D eigenvalue weighted by molar-refractivity contribution is -0.117. The van der Waals surface area contributed by atoms with E-state index in [4.69, 9.17) is 0 Å². The summed E-state index contributed by atoms with van der Waals surface area (Å²) in [5.41, 5.74) is 2.76. The Bertz CT molecular complexity index is 1190. The first-order valence-corrected chi connectivity index (χ1v) is 12.0. The van der Waals surface area contributed by atoms with Gasteiger partial charge in [-0.1, -0.05) is 24.3 Å². The number of halogens is 1. The van der Waals surface area contributed by atoms with E-state index in [1.54, 1.807) is 37.4 Å². The molecule has 2 aromatic carbocycles. The van der Waals surface area contributed by atoms with Crippen molar-refractivity contribution in [1.82, 2.24) is 14.6 Å². The zero-order valence-electron chi connectivity index (χ0n) is 18.6. The highest BCUT2D eigenvalue weighted by Crippen LogP contribution is 2.20. The molecule has 0 aliphatic carbocycles. The Labute approximate surface area is 193 Å². The van der Waals surface area contributed by atoms with E-state index in [-0.39, 0.29) is 23.2 Å². The Morgan fingerprint density at radius 3 is 2.52 bits per heavy atom. The molecule has 3 aromatic rings. The lowest BCUT2D eigenvalue weighted by atomic mass is 10.2. The monoisotopic (exact) mass is 470 g/mol. The summed E-state index contributed by atoms with van der Waals surface area (Å²) in [6.45, 7) is 2.78. The molecule has 2 N–H and O–H groups in total. The highest BCUT2D eigenvalue weighted by molar-refractivity contribution is 7.89. The molecule has 0 atom stereocenters. The molecule has 9 heteroatoms. The summed E-state index contributed by atoms with van der Waals surface area (Å²) < 4.78 is 40.0. The second-order valence-electron chi connectivity index (χ2n) is 7.64. The van der Waals surface area contributed by atoms with Gasteiger partial charge in [0.15, 0.2) is 0 Å². The molecule has 0 aliphatic rings. The molecule has 0 saturated carbocycles. The maximum absolute atomic E-state index is 13.3. The van der Waals surface area contributed by atoms with Gasteiger partial charge in [0.25, 0.3) is 0 Å². The first-order valence-electron chi connectivity index (χ1n) is 10.5. The zero-order chi connectivity index (χ0) is 23.8. The summed E-state index contributed by atoms with van der Waals surface area (Å²) in [7, 11) is -2.30. The lowest BCUT2D eigenvalue weighted by Gasteiger charge is -2.22. The van der Waals surface area contributed by atoms with Crippen molar-refractivity contribution in [3.8, 4) is 0 Å². The first kappa shape index (κ1) is 24.5. The van der Waals surface area contributed by atoms with Gasteiger partial charge >= 0.3 is 0 Å². The van der Waals surface area contributed by atoms with Gasteiger partial charge in [0, 0.05) is 37.1 Å². The van der Waals surface area contributed by atoms with E-state index >= 15 is 0 Å². The minimum atomic E-state index is -3.64. The molecule has 0 unspecified atom stereocenters. The van der Waals surface area contributed by atoms with Crippen LogP contribution in [0.25, 0.3) is 0 Å². The van der Waals surface area contributed by atoms with E-state index < -0.39 is 10.0 Å². The number of rotatable bonds is 10. The van der Waals surface area contributed by atoms with Crippen molar-refractivity contribution in [2.75, 3.05) is 25.5 Å². The standard InChI is InChI=1S/C24H27FN4O3S/c1-18-6-11-22(15-23(18)33(31,32)26-2)28-24(30)17-29(14-12-21-5-3-4-13-27-21)16-19-7-9-20(25)10-8-19/h3-11,13,15,26H,12,14,16-17H2,1-2H3,(H,28,30). The van der Waals surface area contributed by atoms with Crippen LogP contribution in [-0.4, -0.2) is 44.3 Å². The second kappa shape index (κ2) is 11.1. The number of nitrogens with zero attached hydrogens (tertiary/aromatic N) is 2. The van der Waals surface area contributed by atoms with E-state index in [1.165, 1.54) is 25.2 Å². The van der Waals surface area contributed by atoms with Gasteiger partial charge in [-0.3, -0.25) is 14.7 Å². The number of sulfonamides is 1. The van der Waals surface area contributed by atoms with E-state index in [2.05, 4.69) is 15.0 Å². The Hall–Kier alpha value is -3.14. The number of benzene rings is 2. The molecule has 0 aliphatic heterocycles. The summed E-state index contributed by atoms with van der Waals surface area (Å²) in [6.07, 6.45) is 2.37. The molecule has 7 nitrogen and oxygen atoms in total. The zero-order valence-corrected chi connectivity index (χ0v) is 19.4. The number of amides is 1. The number of hydrogen-bond donors (Lipinski definition) is 2. The molecule has 0 bridgehead atoms. The molecule has 3 rings (SSSR count). The van der Waals surface area contributed by atoms with Gasteiger partial charge in [-0.05, 0) is 61.5 Å². The van der Waals surface area contributed by atoms with Gasteiger partial charge in [0.1, 0.15) is 5.82 Å². The fraction of sp³-hybridized carbons (Fsp3) is 0.250. The van der Waals surface area contributed by atoms with Crippen LogP contribution >= 0.6 is 0 Å². The third kappa shape index (κ3) is 7.18. The van der Waals surface area contributed by atoms with Crippen molar-refractivity contribution in [2.24, 2.45) is 0 Å². The molecule has 1 amide bonds. The molecule has 0 saturated heterocycles. The van der Waals surface area contributed by atoms with Gasteiger partial charge in [-0.2, -0.15) is 0 Å². The summed E-state index contributed by atoms with van der Waals surface area (Å²) in [5.74, 6) is -0.599. The summed E-state index contributed by atoms with van der Waals surface area (Å²) in [6, 6.07) is 16.6. The van der Waals surface area contributed by atoms with Crippen LogP contribution < -0.4 is 10.0 Å². The smallest absolute Gasteiger partial charge is 0.240 e. The molecule has 1 aromatic heterocycles. The van der Waals surface area contributed by atoms with Gasteiger partial charge in [0.05, 0.1) is 11.4 Å². The maximum atomic E-state index is 13.3. The SMILES string of the molecule is CNS(=O)(=O)c1cc(NC(=O)CN(CCc2ccccn2)Cc2ccc(F)cc2)ccc1C. The third-order valence-corrected chi connectivity index (χ3v) is 6.68. The summed E-state index contributed by atoms with van der Waals surface area (Å²) in [5, 5.41) is 2.78. The van der Waals surface area contributed by atoms with Crippen LogP contribution in [0, 0.1) is 12.7 Å². The minimum absolute atomic E-state index is 0.0756. The van der Waals surface area contributed by atoms with Crippen LogP contribution in [0.5, 0.6) is 0 Å². The van der Waals surface area contributed by atoms with E-state index in [1.807, 2.05) is 23.1 Å². The van der Waals surface area contributed by atoms with Crippen molar-refractivity contribution in [3.05, 3.63) is 89.5 Å². The van der Waals surface area contributed by atoms with E-state index in [0.29, 0.717) is 30.8 Å². The van der Waals surface area contributed by atoms with Crippen molar-refractivity contribution >= 4 is 21.6 Å². The molecule has 174 valence electrons. The predicted octanol–water partition coefficient (Wildman–Crippen LogP) is 3.12. The molecular formula is C24H27FN4O3S. The quantitative estimate of drug-likeness (QED) is 0.475. The van der Waals surface area contributed by atoms with Crippen LogP contribution in [0.1, 0.15) is 16.8 Å². The lowest BCUT2D eigenvalue weighted by Crippen LogP contribution is -2.34. The number of nitrogens with one attached hydrogen (secondary N) is 2. The summed E-state index contributed by atoms with van der Waals surface area (Å²) in [4.78, 5) is 19.2. The second-order valence-corrected chi connectivity index (χ2v) is 9.50. The average molecular weight is 471 g/mol. The highest BCUT2D eigenvalue weighted by Gasteiger charge is 2.17. The van der Waals surface area contributed by atoms with Crippen molar-refractivity contribution in [1.29, 1.82) is 0 Å². The largest absolute Gasteiger partial charge is 0.325 e. The van der Waals surface area contributed by atoms with Crippen LogP contribution in [0.15, 0.2) is 71.8 Å². The molecular weight excluding hydrogens is 443 g/mol. The maximum Gasteiger partial charge on any atom is 0.240 e. The van der Waals surface area contributed by atoms with Gasteiger partial charge in [-0.15, -0.1) is 0 Å². The minimum Gasteiger partial charge on any atom is -0.325 e. The number of aryl methyl sites for hydroxylation is 1. The van der Waals surface area contributed by atoms with Crippen molar-refractivity contribution < 1.29 is 17.6 Å². The average Bonchev–Trinajstić information content (AvgIpc) is 2.80. The Kier molecular flexibility index (Phi) is 8.26. The molecule has 0 fully saturated rings. The number of aromatic nitrogens is 1. The summed E-state index contributed by atoms with van der Waals surface area (Å²) >= 11 is 0. The van der Waals surface area contributed by atoms with Crippen molar-refractivity contribution in [3.63, 3.8) is 0 Å². The van der Waals surface area contributed by atoms with Crippen molar-refractivity contribution in [2.45, 2.75) is 24.8 Å². The number of hydrogen-bond acceptors (Lipinski definition) is 5. The van der Waals surface area contributed by atoms with Crippen LogP contribution in [-0.2, 0) is 27.8 Å². The fourth-order valence-corrected chi connectivity index (χ4v) is 4.36. The normalized spacial score (nSPS) is 11.5. The number of carbonyl (C=O) groups is 1. The Balaban J connectivity index is 1.72. The Morgan fingerprint density at radius 2 is 1.85 bits per heavy atom. The number of pyridine rings is 1. The van der Waals surface area contributed by atoms with Crippen LogP contribution in [0.2, 0.25) is 0 Å². The van der Waals surface area contributed by atoms with Gasteiger partial charge in [0.2, 0.25) is 15.9 Å². The van der Waals surface area contributed by atoms with Crippen LogP contribution in [0.4, 0.5) is 10.1 Å². The van der Waals surface area contributed by atoms with E-state index in [0.717, 1.165) is 11.3 Å².